The highest BCUT2D eigenvalue weighted by molar-refractivity contribution is 5.67. The smallest absolute Gasteiger partial charge is 0.213 e. The van der Waals surface area contributed by atoms with Crippen LogP contribution in [0.25, 0.3) is 11.1 Å². The molecule has 2 fully saturated rings. The lowest BCUT2D eigenvalue weighted by Crippen LogP contribution is -2.36. The Morgan fingerprint density at radius 3 is 2.59 bits per heavy atom. The highest BCUT2D eigenvalue weighted by atomic mass is 19.1. The minimum atomic E-state index is -0.637. The van der Waals surface area contributed by atoms with Crippen LogP contribution in [0.3, 0.4) is 0 Å². The van der Waals surface area contributed by atoms with Crippen LogP contribution in [0.4, 0.5) is 4.39 Å². The Kier molecular flexibility index (Phi) is 6.22. The Morgan fingerprint density at radius 1 is 1.03 bits per heavy atom. The van der Waals surface area contributed by atoms with Gasteiger partial charge in [0.25, 0.3) is 0 Å². The predicted molar refractivity (Wildman–Crippen MR) is 142 cm³/mol. The maximum Gasteiger partial charge on any atom is 0.213 e. The van der Waals surface area contributed by atoms with E-state index in [1.54, 1.807) is 6.07 Å². The van der Waals surface area contributed by atoms with Gasteiger partial charge in [0.1, 0.15) is 24.3 Å². The van der Waals surface area contributed by atoms with E-state index in [9.17, 15) is 9.50 Å². The molecule has 1 aromatic heterocycles. The molecular formula is C32H36FNO3. The molecular weight excluding hydrogens is 465 g/mol. The monoisotopic (exact) mass is 501 g/mol. The summed E-state index contributed by atoms with van der Waals surface area (Å²) < 4.78 is 26.9. The van der Waals surface area contributed by atoms with Gasteiger partial charge in [-0.05, 0) is 124 Å². The molecule has 0 bridgehead atoms. The summed E-state index contributed by atoms with van der Waals surface area (Å²) in [6, 6.07) is 15.4. The normalized spacial score (nSPS) is 24.4. The van der Waals surface area contributed by atoms with E-state index in [0.717, 1.165) is 66.5 Å². The highest BCUT2D eigenvalue weighted by Gasteiger charge is 2.44. The molecule has 4 nitrogen and oxygen atoms in total. The summed E-state index contributed by atoms with van der Waals surface area (Å²) in [7, 11) is 0. The van der Waals surface area contributed by atoms with Crippen molar-refractivity contribution in [3.05, 3.63) is 76.7 Å². The van der Waals surface area contributed by atoms with Gasteiger partial charge in [-0.25, -0.2) is 9.37 Å². The number of rotatable bonds is 7. The second-order valence-electron chi connectivity index (χ2n) is 11.8. The van der Waals surface area contributed by atoms with Crippen molar-refractivity contribution in [2.75, 3.05) is 0 Å². The topological polar surface area (TPSA) is 51.6 Å². The quantitative estimate of drug-likeness (QED) is 0.374. The number of hydrogen-bond donors (Lipinski definition) is 1. The van der Waals surface area contributed by atoms with Gasteiger partial charge in [0, 0.05) is 22.9 Å². The number of pyridine rings is 1. The number of fused-ring (bicyclic) bond motifs is 3. The number of aliphatic hydroxyl groups is 1. The molecule has 1 N–H and O–H groups in total. The molecule has 0 aliphatic heterocycles. The van der Waals surface area contributed by atoms with Gasteiger partial charge >= 0.3 is 0 Å². The van der Waals surface area contributed by atoms with Crippen molar-refractivity contribution in [2.24, 2.45) is 11.8 Å². The lowest BCUT2D eigenvalue weighted by Gasteiger charge is -2.35. The summed E-state index contributed by atoms with van der Waals surface area (Å²) in [6.45, 7) is 5.93. The predicted octanol–water partition coefficient (Wildman–Crippen LogP) is 7.14. The molecule has 0 saturated heterocycles. The lowest BCUT2D eigenvalue weighted by atomic mass is 9.78. The molecule has 3 aliphatic rings. The van der Waals surface area contributed by atoms with E-state index in [2.05, 4.69) is 12.1 Å². The van der Waals surface area contributed by atoms with Gasteiger partial charge in [-0.2, -0.15) is 0 Å². The summed E-state index contributed by atoms with van der Waals surface area (Å²) in [5.74, 6) is 3.07. The van der Waals surface area contributed by atoms with Gasteiger partial charge in [0.15, 0.2) is 0 Å². The van der Waals surface area contributed by atoms with Crippen molar-refractivity contribution in [3.63, 3.8) is 0 Å². The second-order valence-corrected chi connectivity index (χ2v) is 11.8. The third-order valence-electron chi connectivity index (χ3n) is 8.69. The number of hydrogen-bond acceptors (Lipinski definition) is 4. The van der Waals surface area contributed by atoms with Crippen LogP contribution in [0.1, 0.15) is 74.3 Å². The number of benzene rings is 2. The minimum Gasteiger partial charge on any atom is -0.489 e. The van der Waals surface area contributed by atoms with Gasteiger partial charge in [0.2, 0.25) is 5.88 Å². The summed E-state index contributed by atoms with van der Waals surface area (Å²) in [4.78, 5) is 4.70. The van der Waals surface area contributed by atoms with Crippen LogP contribution in [0.2, 0.25) is 0 Å². The molecule has 2 atom stereocenters. The van der Waals surface area contributed by atoms with Gasteiger partial charge in [0.05, 0.1) is 5.60 Å². The van der Waals surface area contributed by atoms with Crippen LogP contribution in [0, 0.1) is 24.6 Å². The number of ether oxygens (including phenoxy) is 2. The first-order valence-electron chi connectivity index (χ1n) is 13.7. The van der Waals surface area contributed by atoms with Crippen LogP contribution >= 0.6 is 0 Å². The first kappa shape index (κ1) is 24.4. The molecule has 5 heteroatoms. The largest absolute Gasteiger partial charge is 0.489 e. The van der Waals surface area contributed by atoms with E-state index in [4.69, 9.17) is 14.5 Å². The fourth-order valence-corrected chi connectivity index (χ4v) is 6.33. The Labute approximate surface area is 218 Å². The third-order valence-corrected chi connectivity index (χ3v) is 8.69. The Hall–Kier alpha value is -2.92. The number of halogens is 1. The van der Waals surface area contributed by atoms with Crippen LogP contribution in [-0.2, 0) is 13.0 Å². The summed E-state index contributed by atoms with van der Waals surface area (Å²) in [6.07, 6.45) is 6.35. The standard InChI is InChI=1S/C32H36FNO3/c1-19-27(11-13-31(34-19)37-25-7-5-24(6-8-25)32(2,3)35)20-4-12-30(33)23(14-20)18-36-26-9-10-28-21(16-26)15-22-17-29(22)28/h4,9-14,16,22,24-25,29,35H,5-8,15,17-18H2,1-3H3. The zero-order valence-corrected chi connectivity index (χ0v) is 22.0. The Morgan fingerprint density at radius 2 is 1.84 bits per heavy atom. The van der Waals surface area contributed by atoms with E-state index in [0.29, 0.717) is 17.4 Å². The van der Waals surface area contributed by atoms with E-state index < -0.39 is 5.60 Å². The zero-order valence-electron chi connectivity index (χ0n) is 22.0. The SMILES string of the molecule is Cc1nc(OC2CCC(C(C)(C)O)CC2)ccc1-c1ccc(F)c(COc2ccc3c(c2)CC2CC32)c1. The average Bonchev–Trinajstić information content (AvgIpc) is 3.54. The molecule has 2 saturated carbocycles. The van der Waals surface area contributed by atoms with E-state index in [1.807, 2.05) is 45.0 Å². The van der Waals surface area contributed by atoms with Crippen molar-refractivity contribution in [2.45, 2.75) is 83.5 Å². The zero-order chi connectivity index (χ0) is 25.7. The molecule has 0 spiro atoms. The van der Waals surface area contributed by atoms with Crippen molar-refractivity contribution >= 4 is 0 Å². The van der Waals surface area contributed by atoms with E-state index >= 15 is 0 Å². The lowest BCUT2D eigenvalue weighted by molar-refractivity contribution is -0.0156. The average molecular weight is 502 g/mol. The molecule has 0 radical (unpaired) electrons. The Balaban J connectivity index is 1.11. The number of aryl methyl sites for hydroxylation is 1. The van der Waals surface area contributed by atoms with Gasteiger partial charge in [-0.15, -0.1) is 0 Å². The van der Waals surface area contributed by atoms with Crippen LogP contribution in [-0.4, -0.2) is 21.8 Å². The van der Waals surface area contributed by atoms with Crippen molar-refractivity contribution in [1.82, 2.24) is 4.98 Å². The van der Waals surface area contributed by atoms with Gasteiger partial charge in [-0.1, -0.05) is 12.1 Å². The van der Waals surface area contributed by atoms with Crippen LogP contribution in [0.15, 0.2) is 48.5 Å². The third kappa shape index (κ3) is 5.11. The fourth-order valence-electron chi connectivity index (χ4n) is 6.33. The highest BCUT2D eigenvalue weighted by Crippen LogP contribution is 2.56. The molecule has 1 heterocycles. The van der Waals surface area contributed by atoms with Crippen molar-refractivity contribution < 1.29 is 19.0 Å². The first-order valence-corrected chi connectivity index (χ1v) is 13.7. The fraction of sp³-hybridized carbons (Fsp3) is 0.469. The van der Waals surface area contributed by atoms with Gasteiger partial charge < -0.3 is 14.6 Å². The molecule has 2 unspecified atom stereocenters. The van der Waals surface area contributed by atoms with E-state index in [1.165, 1.54) is 23.6 Å². The van der Waals surface area contributed by atoms with Crippen LogP contribution in [0.5, 0.6) is 11.6 Å². The second kappa shape index (κ2) is 9.43. The number of aromatic nitrogens is 1. The van der Waals surface area contributed by atoms with Crippen molar-refractivity contribution in [1.29, 1.82) is 0 Å². The summed E-state index contributed by atoms with van der Waals surface area (Å²) in [5.41, 5.74) is 5.47. The first-order chi connectivity index (χ1) is 17.7. The maximum atomic E-state index is 14.7. The Bertz CT molecular complexity index is 1310. The molecule has 37 heavy (non-hydrogen) atoms. The number of nitrogens with zero attached hydrogens (tertiary/aromatic N) is 1. The molecule has 3 aliphatic carbocycles. The summed E-state index contributed by atoms with van der Waals surface area (Å²) >= 11 is 0. The minimum absolute atomic E-state index is 0.121. The molecule has 6 rings (SSSR count). The van der Waals surface area contributed by atoms with Crippen molar-refractivity contribution in [3.8, 4) is 22.8 Å². The molecule has 0 amide bonds. The van der Waals surface area contributed by atoms with Crippen LogP contribution < -0.4 is 9.47 Å². The van der Waals surface area contributed by atoms with E-state index in [-0.39, 0.29) is 18.5 Å². The maximum absolute atomic E-state index is 14.7. The molecule has 194 valence electrons. The summed E-state index contributed by atoms with van der Waals surface area (Å²) in [5, 5.41) is 10.3. The molecule has 2 aromatic carbocycles. The molecule has 3 aromatic rings. The van der Waals surface area contributed by atoms with Gasteiger partial charge in [-0.3, -0.25) is 0 Å².